The van der Waals surface area contributed by atoms with Gasteiger partial charge >= 0.3 is 0 Å². The standard InChI is InChI=1S/C20H20ClN3O3/c21-13-5-2-1-4-12(13)20-9-3-6-16(18(20)26)27-19(24-20)17(23)11-7-8-15(25)14(22)10-11/h1-2,4-5,7-8,10,16-17,25H,3,6,9,22-23H2/t16-,17?,20?/m0/s1. The van der Waals surface area contributed by atoms with Gasteiger partial charge in [-0.3, -0.25) is 4.79 Å². The molecule has 0 spiro atoms. The largest absolute Gasteiger partial charge is 0.506 e. The fraction of sp³-hybridized carbons (Fsp3) is 0.300. The van der Waals surface area contributed by atoms with Crippen LogP contribution >= 0.6 is 11.6 Å². The van der Waals surface area contributed by atoms with Crippen LogP contribution in [-0.4, -0.2) is 22.9 Å². The van der Waals surface area contributed by atoms with Gasteiger partial charge in [0.2, 0.25) is 11.7 Å². The number of fused-ring (bicyclic) bond motifs is 2. The molecule has 1 heterocycles. The number of nitrogen functional groups attached to an aromatic ring is 1. The summed E-state index contributed by atoms with van der Waals surface area (Å²) in [5, 5.41) is 10.1. The highest BCUT2D eigenvalue weighted by atomic mass is 35.5. The molecule has 2 aliphatic rings. The van der Waals surface area contributed by atoms with Gasteiger partial charge < -0.3 is 21.3 Å². The second kappa shape index (κ2) is 6.55. The Balaban J connectivity index is 1.82. The molecule has 0 aromatic heterocycles. The van der Waals surface area contributed by atoms with Crippen molar-refractivity contribution in [1.82, 2.24) is 0 Å². The molecule has 0 saturated heterocycles. The highest BCUT2D eigenvalue weighted by Gasteiger charge is 2.52. The number of ether oxygens (including phenoxy) is 1. The maximum absolute atomic E-state index is 13.1. The van der Waals surface area contributed by atoms with Crippen LogP contribution in [0.5, 0.6) is 5.75 Å². The molecule has 3 atom stereocenters. The van der Waals surface area contributed by atoms with Gasteiger partial charge in [-0.1, -0.05) is 35.9 Å². The van der Waals surface area contributed by atoms with E-state index >= 15 is 0 Å². The molecule has 1 fully saturated rings. The lowest BCUT2D eigenvalue weighted by atomic mass is 9.73. The number of halogens is 1. The number of phenols is 1. The number of aliphatic imine (C=N–C) groups is 1. The van der Waals surface area contributed by atoms with Crippen LogP contribution in [0.4, 0.5) is 5.69 Å². The summed E-state index contributed by atoms with van der Waals surface area (Å²) in [6.45, 7) is 0. The SMILES string of the molecule is Nc1cc(C(N)C2=NC3(c4ccccc4Cl)CCC[C@H](O2)C3=O)ccc1O. The average Bonchev–Trinajstić information content (AvgIpc) is 2.64. The molecule has 4 rings (SSSR count). The number of hydrogen-bond acceptors (Lipinski definition) is 6. The Bertz CT molecular complexity index is 946. The number of nitrogens with zero attached hydrogens (tertiary/aromatic N) is 1. The lowest BCUT2D eigenvalue weighted by Crippen LogP contribution is -2.52. The Kier molecular flexibility index (Phi) is 4.32. The minimum atomic E-state index is -1.07. The number of carbonyl (C=O) groups excluding carboxylic acids is 1. The smallest absolute Gasteiger partial charge is 0.207 e. The Labute approximate surface area is 161 Å². The minimum absolute atomic E-state index is 0.0166. The zero-order valence-corrected chi connectivity index (χ0v) is 15.3. The molecule has 27 heavy (non-hydrogen) atoms. The fourth-order valence-corrected chi connectivity index (χ4v) is 4.12. The number of Topliss-reactive ketones (excluding diaryl/α,β-unsaturated/α-hetero) is 1. The summed E-state index contributed by atoms with van der Waals surface area (Å²) in [4.78, 5) is 17.8. The second-order valence-electron chi connectivity index (χ2n) is 6.95. The molecule has 6 nitrogen and oxygen atoms in total. The normalized spacial score (nSPS) is 25.5. The Morgan fingerprint density at radius 2 is 2.07 bits per heavy atom. The first-order valence-corrected chi connectivity index (χ1v) is 9.20. The Hall–Kier alpha value is -2.57. The Morgan fingerprint density at radius 1 is 1.30 bits per heavy atom. The van der Waals surface area contributed by atoms with Crippen molar-refractivity contribution >= 4 is 29.0 Å². The topological polar surface area (TPSA) is 111 Å². The molecule has 1 aliphatic carbocycles. The number of hydrogen-bond donors (Lipinski definition) is 3. The number of ketones is 1. The summed E-state index contributed by atoms with van der Waals surface area (Å²) in [5.41, 5.74) is 12.6. The van der Waals surface area contributed by atoms with E-state index in [-0.39, 0.29) is 23.1 Å². The van der Waals surface area contributed by atoms with Crippen LogP contribution in [0, 0.1) is 0 Å². The van der Waals surface area contributed by atoms with Gasteiger partial charge in [-0.15, -0.1) is 0 Å². The van der Waals surface area contributed by atoms with Crippen molar-refractivity contribution in [3.05, 3.63) is 58.6 Å². The third-order valence-electron chi connectivity index (χ3n) is 5.27. The van der Waals surface area contributed by atoms with Gasteiger partial charge in [0, 0.05) is 10.6 Å². The number of aromatic hydroxyl groups is 1. The van der Waals surface area contributed by atoms with Gasteiger partial charge in [-0.05, 0) is 43.0 Å². The van der Waals surface area contributed by atoms with Gasteiger partial charge in [0.1, 0.15) is 11.8 Å². The van der Waals surface area contributed by atoms with E-state index in [4.69, 9.17) is 32.8 Å². The van der Waals surface area contributed by atoms with Crippen molar-refractivity contribution < 1.29 is 14.6 Å². The molecule has 0 amide bonds. The molecule has 0 radical (unpaired) electrons. The van der Waals surface area contributed by atoms with Crippen molar-refractivity contribution in [3.63, 3.8) is 0 Å². The molecule has 7 heteroatoms. The predicted octanol–water partition coefficient (Wildman–Crippen LogP) is 3.07. The van der Waals surface area contributed by atoms with Crippen LogP contribution in [0.25, 0.3) is 0 Å². The van der Waals surface area contributed by atoms with E-state index < -0.39 is 17.7 Å². The summed E-state index contributed by atoms with van der Waals surface area (Å²) in [7, 11) is 0. The van der Waals surface area contributed by atoms with Crippen LogP contribution in [0.15, 0.2) is 47.5 Å². The molecule has 1 aliphatic heterocycles. The minimum Gasteiger partial charge on any atom is -0.506 e. The van der Waals surface area contributed by atoms with Crippen molar-refractivity contribution in [1.29, 1.82) is 0 Å². The summed E-state index contributed by atoms with van der Waals surface area (Å²) in [6.07, 6.45) is 1.39. The molecule has 2 aromatic rings. The van der Waals surface area contributed by atoms with E-state index in [9.17, 15) is 9.90 Å². The van der Waals surface area contributed by atoms with Gasteiger partial charge in [0.05, 0.1) is 5.69 Å². The molecule has 2 bridgehead atoms. The number of rotatable bonds is 3. The van der Waals surface area contributed by atoms with Crippen molar-refractivity contribution in [2.24, 2.45) is 10.7 Å². The number of phenolic OH excluding ortho intramolecular Hbond substituents is 1. The first kappa shape index (κ1) is 17.8. The van der Waals surface area contributed by atoms with E-state index in [1.165, 1.54) is 6.07 Å². The van der Waals surface area contributed by atoms with Crippen molar-refractivity contribution in [3.8, 4) is 5.75 Å². The third kappa shape index (κ3) is 2.85. The number of anilines is 1. The lowest BCUT2D eigenvalue weighted by Gasteiger charge is -2.42. The highest BCUT2D eigenvalue weighted by molar-refractivity contribution is 6.32. The molecular formula is C20H20ClN3O3. The lowest BCUT2D eigenvalue weighted by molar-refractivity contribution is -0.137. The van der Waals surface area contributed by atoms with Crippen LogP contribution in [0.2, 0.25) is 5.02 Å². The van der Waals surface area contributed by atoms with Crippen molar-refractivity contribution in [2.45, 2.75) is 36.9 Å². The predicted molar refractivity (Wildman–Crippen MR) is 104 cm³/mol. The second-order valence-corrected chi connectivity index (χ2v) is 7.36. The molecule has 140 valence electrons. The quantitative estimate of drug-likeness (QED) is 0.555. The van der Waals surface area contributed by atoms with Crippen LogP contribution in [0.1, 0.15) is 36.4 Å². The fourth-order valence-electron chi connectivity index (χ4n) is 3.82. The van der Waals surface area contributed by atoms with Gasteiger partial charge in [-0.25, -0.2) is 4.99 Å². The van der Waals surface area contributed by atoms with Crippen LogP contribution in [0.3, 0.4) is 0 Å². The molecule has 1 saturated carbocycles. The van der Waals surface area contributed by atoms with E-state index in [0.29, 0.717) is 29.0 Å². The summed E-state index contributed by atoms with van der Waals surface area (Å²) < 4.78 is 5.87. The summed E-state index contributed by atoms with van der Waals surface area (Å²) >= 11 is 6.41. The van der Waals surface area contributed by atoms with Crippen molar-refractivity contribution in [2.75, 3.05) is 5.73 Å². The molecule has 2 unspecified atom stereocenters. The zero-order chi connectivity index (χ0) is 19.2. The summed E-state index contributed by atoms with van der Waals surface area (Å²) in [6, 6.07) is 11.3. The first-order valence-electron chi connectivity index (χ1n) is 8.82. The maximum atomic E-state index is 13.1. The summed E-state index contributed by atoms with van der Waals surface area (Å²) in [5.74, 6) is 0.185. The first-order chi connectivity index (χ1) is 12.9. The van der Waals surface area contributed by atoms with Crippen LogP contribution in [-0.2, 0) is 15.1 Å². The van der Waals surface area contributed by atoms with E-state index in [1.54, 1.807) is 18.2 Å². The van der Waals surface area contributed by atoms with E-state index in [2.05, 4.69) is 0 Å². The number of carbonyl (C=O) groups is 1. The molecular weight excluding hydrogens is 366 g/mol. The zero-order valence-electron chi connectivity index (χ0n) is 14.6. The Morgan fingerprint density at radius 3 is 2.81 bits per heavy atom. The third-order valence-corrected chi connectivity index (χ3v) is 5.59. The monoisotopic (exact) mass is 385 g/mol. The number of benzene rings is 2. The van der Waals surface area contributed by atoms with Gasteiger partial charge in [0.25, 0.3) is 0 Å². The van der Waals surface area contributed by atoms with Crippen LogP contribution < -0.4 is 11.5 Å². The van der Waals surface area contributed by atoms with Gasteiger partial charge in [-0.2, -0.15) is 0 Å². The van der Waals surface area contributed by atoms with Gasteiger partial charge in [0.15, 0.2) is 11.6 Å². The maximum Gasteiger partial charge on any atom is 0.207 e. The van der Waals surface area contributed by atoms with E-state index in [0.717, 1.165) is 6.42 Å². The molecule has 2 aromatic carbocycles. The number of nitrogens with two attached hydrogens (primary N) is 2. The molecule has 5 N–H and O–H groups in total. The highest BCUT2D eigenvalue weighted by Crippen LogP contribution is 2.45. The average molecular weight is 386 g/mol. The van der Waals surface area contributed by atoms with E-state index in [1.807, 2.05) is 18.2 Å².